The molecule has 4 rings (SSSR count). The second-order valence-corrected chi connectivity index (χ2v) is 6.46. The summed E-state index contributed by atoms with van der Waals surface area (Å²) >= 11 is 6.08. The lowest BCUT2D eigenvalue weighted by molar-refractivity contribution is 0.0392. The molecule has 0 spiro atoms. The highest BCUT2D eigenvalue weighted by molar-refractivity contribution is 6.31. The number of hydrogen-bond acceptors (Lipinski definition) is 4. The Morgan fingerprint density at radius 3 is 2.92 bits per heavy atom. The maximum Gasteiger partial charge on any atom is 0.140 e. The quantitative estimate of drug-likeness (QED) is 0.702. The molecule has 3 aromatic rings. The van der Waals surface area contributed by atoms with Gasteiger partial charge >= 0.3 is 0 Å². The highest BCUT2D eigenvalue weighted by Crippen LogP contribution is 2.31. The zero-order valence-corrected chi connectivity index (χ0v) is 14.2. The van der Waals surface area contributed by atoms with E-state index in [-0.39, 0.29) is 6.10 Å². The molecule has 0 amide bonds. The largest absolute Gasteiger partial charge is 0.370 e. The van der Waals surface area contributed by atoms with E-state index in [1.54, 1.807) is 6.33 Å². The highest BCUT2D eigenvalue weighted by atomic mass is 35.5. The Balaban J connectivity index is 1.69. The van der Waals surface area contributed by atoms with E-state index in [9.17, 15) is 0 Å². The van der Waals surface area contributed by atoms with Crippen molar-refractivity contribution in [3.63, 3.8) is 0 Å². The zero-order valence-electron chi connectivity index (χ0n) is 13.4. The van der Waals surface area contributed by atoms with Crippen molar-refractivity contribution in [2.75, 3.05) is 24.6 Å². The molecule has 2 aromatic carbocycles. The van der Waals surface area contributed by atoms with Gasteiger partial charge in [0, 0.05) is 23.5 Å². The first-order valence-corrected chi connectivity index (χ1v) is 8.42. The number of fused-ring (bicyclic) bond motifs is 1. The summed E-state index contributed by atoms with van der Waals surface area (Å²) in [6.45, 7) is 4.40. The molecule has 1 unspecified atom stereocenters. The van der Waals surface area contributed by atoms with Crippen molar-refractivity contribution in [3.8, 4) is 0 Å². The number of benzene rings is 2. The van der Waals surface area contributed by atoms with E-state index in [0.717, 1.165) is 29.8 Å². The lowest BCUT2D eigenvalue weighted by Crippen LogP contribution is -2.39. The summed E-state index contributed by atoms with van der Waals surface area (Å²) in [7, 11) is 0. The van der Waals surface area contributed by atoms with Crippen LogP contribution in [0.15, 0.2) is 48.8 Å². The minimum absolute atomic E-state index is 0.0530. The van der Waals surface area contributed by atoms with E-state index >= 15 is 0 Å². The molecular weight excluding hydrogens is 322 g/mol. The molecule has 0 radical (unpaired) electrons. The maximum atomic E-state index is 6.08. The molecule has 2 heterocycles. The van der Waals surface area contributed by atoms with Crippen molar-refractivity contribution in [1.82, 2.24) is 9.97 Å². The molecule has 0 bridgehead atoms. The third-order valence-electron chi connectivity index (χ3n) is 4.48. The van der Waals surface area contributed by atoms with Crippen LogP contribution in [0.25, 0.3) is 10.9 Å². The fourth-order valence-electron chi connectivity index (χ4n) is 3.25. The molecule has 0 N–H and O–H groups in total. The van der Waals surface area contributed by atoms with Crippen LogP contribution in [0.1, 0.15) is 17.2 Å². The highest BCUT2D eigenvalue weighted by Gasteiger charge is 2.25. The fraction of sp³-hybridized carbons (Fsp3) is 0.263. The van der Waals surface area contributed by atoms with Crippen LogP contribution >= 0.6 is 11.6 Å². The van der Waals surface area contributed by atoms with Crippen LogP contribution in [0, 0.1) is 6.92 Å². The number of ether oxygens (including phenoxy) is 1. The first-order valence-electron chi connectivity index (χ1n) is 8.05. The van der Waals surface area contributed by atoms with Crippen LogP contribution in [-0.4, -0.2) is 29.7 Å². The molecule has 1 aliphatic heterocycles. The Hall–Kier alpha value is -2.17. The van der Waals surface area contributed by atoms with Crippen molar-refractivity contribution >= 4 is 28.3 Å². The molecule has 1 saturated heterocycles. The second-order valence-electron chi connectivity index (χ2n) is 6.02. The topological polar surface area (TPSA) is 38.2 Å². The Morgan fingerprint density at radius 1 is 1.17 bits per heavy atom. The Bertz CT molecular complexity index is 883. The monoisotopic (exact) mass is 339 g/mol. The van der Waals surface area contributed by atoms with Gasteiger partial charge in [-0.15, -0.1) is 0 Å². The summed E-state index contributed by atoms with van der Waals surface area (Å²) in [4.78, 5) is 11.1. The number of nitrogens with zero attached hydrogens (tertiary/aromatic N) is 3. The van der Waals surface area contributed by atoms with Crippen molar-refractivity contribution in [2.24, 2.45) is 0 Å². The third-order valence-corrected chi connectivity index (χ3v) is 4.71. The van der Waals surface area contributed by atoms with Crippen LogP contribution in [0.2, 0.25) is 5.02 Å². The molecule has 1 fully saturated rings. The second kappa shape index (κ2) is 6.38. The molecule has 122 valence electrons. The van der Waals surface area contributed by atoms with Gasteiger partial charge in [0.15, 0.2) is 0 Å². The molecule has 1 aromatic heterocycles. The van der Waals surface area contributed by atoms with Gasteiger partial charge in [0.2, 0.25) is 0 Å². The number of rotatable bonds is 2. The first kappa shape index (κ1) is 15.4. The van der Waals surface area contributed by atoms with Gasteiger partial charge < -0.3 is 9.64 Å². The van der Waals surface area contributed by atoms with Crippen LogP contribution in [0.3, 0.4) is 0 Å². The van der Waals surface area contributed by atoms with Crippen LogP contribution in [0.4, 0.5) is 5.82 Å². The first-order chi connectivity index (χ1) is 11.7. The fourth-order valence-corrected chi connectivity index (χ4v) is 3.41. The third kappa shape index (κ3) is 2.83. The Labute approximate surface area is 146 Å². The normalized spacial score (nSPS) is 18.1. The van der Waals surface area contributed by atoms with Crippen LogP contribution in [-0.2, 0) is 4.74 Å². The average Bonchev–Trinajstić information content (AvgIpc) is 2.61. The van der Waals surface area contributed by atoms with Crippen molar-refractivity contribution in [1.29, 1.82) is 0 Å². The summed E-state index contributed by atoms with van der Waals surface area (Å²) in [5, 5.41) is 1.71. The maximum absolute atomic E-state index is 6.08. The molecule has 24 heavy (non-hydrogen) atoms. The number of aryl methyl sites for hydroxylation is 1. The van der Waals surface area contributed by atoms with Gasteiger partial charge in [-0.2, -0.15) is 0 Å². The lowest BCUT2D eigenvalue weighted by Gasteiger charge is -2.35. The van der Waals surface area contributed by atoms with Crippen molar-refractivity contribution in [3.05, 3.63) is 64.9 Å². The lowest BCUT2D eigenvalue weighted by atomic mass is 10.0. The van der Waals surface area contributed by atoms with E-state index in [1.165, 1.54) is 11.1 Å². The van der Waals surface area contributed by atoms with Gasteiger partial charge in [0.1, 0.15) is 18.2 Å². The van der Waals surface area contributed by atoms with Crippen molar-refractivity contribution in [2.45, 2.75) is 13.0 Å². The van der Waals surface area contributed by atoms with Crippen molar-refractivity contribution < 1.29 is 4.74 Å². The van der Waals surface area contributed by atoms with Gasteiger partial charge in [0.25, 0.3) is 0 Å². The predicted molar refractivity (Wildman–Crippen MR) is 96.6 cm³/mol. The summed E-state index contributed by atoms with van der Waals surface area (Å²) in [6, 6.07) is 14.1. The molecule has 1 aliphatic rings. The minimum atomic E-state index is 0.0530. The number of anilines is 1. The van der Waals surface area contributed by atoms with Gasteiger partial charge in [-0.3, -0.25) is 0 Å². The number of hydrogen-bond donors (Lipinski definition) is 0. The summed E-state index contributed by atoms with van der Waals surface area (Å²) in [5.74, 6) is 0.943. The molecule has 1 atom stereocenters. The smallest absolute Gasteiger partial charge is 0.140 e. The Morgan fingerprint density at radius 2 is 2.04 bits per heavy atom. The Kier molecular flexibility index (Phi) is 4.08. The zero-order chi connectivity index (χ0) is 16.5. The predicted octanol–water partition coefficient (Wildman–Crippen LogP) is 4.17. The summed E-state index contributed by atoms with van der Waals surface area (Å²) < 4.78 is 6.02. The summed E-state index contributed by atoms with van der Waals surface area (Å²) in [5.41, 5.74) is 3.36. The van der Waals surface area contributed by atoms with E-state index in [2.05, 4.69) is 46.1 Å². The van der Waals surface area contributed by atoms with Gasteiger partial charge in [-0.05, 0) is 36.2 Å². The van der Waals surface area contributed by atoms with E-state index in [1.807, 2.05) is 18.2 Å². The summed E-state index contributed by atoms with van der Waals surface area (Å²) in [6.07, 6.45) is 1.66. The standard InChI is InChI=1S/C19H18ClN3O/c1-13-4-2-3-5-15(13)18-11-23(8-9-24-18)19-16-7-6-14(20)10-17(16)21-12-22-19/h2-7,10,12,18H,8-9,11H2,1H3. The number of aromatic nitrogens is 2. The SMILES string of the molecule is Cc1ccccc1C1CN(c2ncnc3cc(Cl)ccc23)CCO1. The van der Waals surface area contributed by atoms with Crippen LogP contribution in [0.5, 0.6) is 0 Å². The molecule has 5 heteroatoms. The molecule has 0 saturated carbocycles. The van der Waals surface area contributed by atoms with Gasteiger partial charge in [-0.25, -0.2) is 9.97 Å². The molecular formula is C19H18ClN3O. The molecule has 4 nitrogen and oxygen atoms in total. The van der Waals surface area contributed by atoms with Gasteiger partial charge in [0.05, 0.1) is 12.1 Å². The van der Waals surface area contributed by atoms with E-state index in [0.29, 0.717) is 11.6 Å². The van der Waals surface area contributed by atoms with E-state index < -0.39 is 0 Å². The molecule has 0 aliphatic carbocycles. The minimum Gasteiger partial charge on any atom is -0.370 e. The van der Waals surface area contributed by atoms with Gasteiger partial charge in [-0.1, -0.05) is 35.9 Å². The number of halogens is 1. The number of morpholine rings is 1. The van der Waals surface area contributed by atoms with E-state index in [4.69, 9.17) is 16.3 Å². The average molecular weight is 340 g/mol. The van der Waals surface area contributed by atoms with Crippen LogP contribution < -0.4 is 4.90 Å².